The molecular formula is C13H25NO. The molecule has 0 atom stereocenters. The fourth-order valence-electron chi connectivity index (χ4n) is 2.14. The maximum atomic E-state index is 11.3. The average molecular weight is 211 g/mol. The molecule has 2 heteroatoms. The van der Waals surface area contributed by atoms with Crippen LogP contribution in [0.25, 0.3) is 0 Å². The molecule has 15 heavy (non-hydrogen) atoms. The molecule has 0 bridgehead atoms. The first-order chi connectivity index (χ1) is 7.39. The molecular weight excluding hydrogens is 186 g/mol. The number of hydrogen-bond donors (Lipinski definition) is 1. The summed E-state index contributed by atoms with van der Waals surface area (Å²) in [7, 11) is 0. The van der Waals surface area contributed by atoms with Crippen molar-refractivity contribution in [1.29, 1.82) is 0 Å². The number of amides is 1. The molecule has 1 amide bonds. The van der Waals surface area contributed by atoms with Gasteiger partial charge >= 0.3 is 0 Å². The molecule has 0 aromatic carbocycles. The van der Waals surface area contributed by atoms with Crippen LogP contribution in [0.3, 0.4) is 0 Å². The first kappa shape index (κ1) is 12.5. The Morgan fingerprint density at radius 1 is 0.667 bits per heavy atom. The van der Waals surface area contributed by atoms with Gasteiger partial charge in [0.1, 0.15) is 0 Å². The molecule has 1 rings (SSSR count). The summed E-state index contributed by atoms with van der Waals surface area (Å²) >= 11 is 0. The molecule has 2 nitrogen and oxygen atoms in total. The van der Waals surface area contributed by atoms with E-state index in [9.17, 15) is 4.79 Å². The third kappa shape index (κ3) is 7.40. The monoisotopic (exact) mass is 211 g/mol. The summed E-state index contributed by atoms with van der Waals surface area (Å²) in [5.41, 5.74) is 0. The summed E-state index contributed by atoms with van der Waals surface area (Å²) < 4.78 is 0. The van der Waals surface area contributed by atoms with Crippen LogP contribution in [0, 0.1) is 0 Å². The maximum Gasteiger partial charge on any atom is 0.219 e. The molecule has 0 aliphatic carbocycles. The van der Waals surface area contributed by atoms with Crippen LogP contribution >= 0.6 is 0 Å². The molecule has 1 saturated heterocycles. The lowest BCUT2D eigenvalue weighted by Crippen LogP contribution is -2.23. The highest BCUT2D eigenvalue weighted by Crippen LogP contribution is 2.11. The summed E-state index contributed by atoms with van der Waals surface area (Å²) in [6.07, 6.45) is 13.7. The second-order valence-corrected chi connectivity index (χ2v) is 4.64. The van der Waals surface area contributed by atoms with Crippen molar-refractivity contribution in [3.8, 4) is 0 Å². The summed E-state index contributed by atoms with van der Waals surface area (Å²) in [6, 6.07) is 0. The highest BCUT2D eigenvalue weighted by Gasteiger charge is 2.01. The molecule has 0 aromatic rings. The van der Waals surface area contributed by atoms with E-state index in [1.807, 2.05) is 0 Å². The third-order valence-electron chi connectivity index (χ3n) is 3.15. The zero-order valence-corrected chi connectivity index (χ0v) is 9.89. The molecule has 0 saturated carbocycles. The fourth-order valence-corrected chi connectivity index (χ4v) is 2.14. The van der Waals surface area contributed by atoms with Crippen molar-refractivity contribution in [1.82, 2.24) is 5.32 Å². The van der Waals surface area contributed by atoms with E-state index in [1.165, 1.54) is 51.4 Å². The van der Waals surface area contributed by atoms with Crippen molar-refractivity contribution in [3.05, 3.63) is 0 Å². The van der Waals surface area contributed by atoms with Crippen LogP contribution in [-0.2, 0) is 4.79 Å². The van der Waals surface area contributed by atoms with Gasteiger partial charge in [0.25, 0.3) is 0 Å². The van der Waals surface area contributed by atoms with Crippen LogP contribution in [0.2, 0.25) is 0 Å². The molecule has 0 spiro atoms. The zero-order valence-electron chi connectivity index (χ0n) is 9.89. The van der Waals surface area contributed by atoms with Gasteiger partial charge in [0.05, 0.1) is 0 Å². The molecule has 1 fully saturated rings. The first-order valence-electron chi connectivity index (χ1n) is 6.66. The highest BCUT2D eigenvalue weighted by atomic mass is 16.1. The summed E-state index contributed by atoms with van der Waals surface area (Å²) in [5, 5.41) is 3.00. The Morgan fingerprint density at radius 2 is 1.13 bits per heavy atom. The van der Waals surface area contributed by atoms with Crippen molar-refractivity contribution in [2.24, 2.45) is 0 Å². The van der Waals surface area contributed by atoms with E-state index in [1.54, 1.807) is 0 Å². The Labute approximate surface area is 93.8 Å². The second kappa shape index (κ2) is 8.75. The number of rotatable bonds is 0. The Morgan fingerprint density at radius 3 is 1.73 bits per heavy atom. The van der Waals surface area contributed by atoms with E-state index >= 15 is 0 Å². The van der Waals surface area contributed by atoms with Gasteiger partial charge in [-0.2, -0.15) is 0 Å². The number of carbonyl (C=O) groups excluding carboxylic acids is 1. The van der Waals surface area contributed by atoms with Gasteiger partial charge in [0.2, 0.25) is 5.91 Å². The molecule has 0 aromatic heterocycles. The van der Waals surface area contributed by atoms with Gasteiger partial charge in [0.15, 0.2) is 0 Å². The van der Waals surface area contributed by atoms with Gasteiger partial charge in [0, 0.05) is 13.0 Å². The van der Waals surface area contributed by atoms with Crippen LogP contribution < -0.4 is 5.32 Å². The minimum Gasteiger partial charge on any atom is -0.356 e. The lowest BCUT2D eigenvalue weighted by atomic mass is 10.0. The van der Waals surface area contributed by atoms with Crippen molar-refractivity contribution in [3.63, 3.8) is 0 Å². The van der Waals surface area contributed by atoms with E-state index in [0.717, 1.165) is 25.8 Å². The Kier molecular flexibility index (Phi) is 7.32. The summed E-state index contributed by atoms with van der Waals surface area (Å²) in [4.78, 5) is 11.3. The molecule has 1 N–H and O–H groups in total. The Hall–Kier alpha value is -0.530. The number of nitrogens with one attached hydrogen (secondary N) is 1. The SMILES string of the molecule is O=C1CCCCCCCCCCCCN1. The molecule has 0 radical (unpaired) electrons. The predicted molar refractivity (Wildman–Crippen MR) is 63.8 cm³/mol. The van der Waals surface area contributed by atoms with Gasteiger partial charge in [-0.05, 0) is 12.8 Å². The van der Waals surface area contributed by atoms with Crippen molar-refractivity contribution >= 4 is 5.91 Å². The predicted octanol–water partition coefficient (Wildman–Crippen LogP) is 3.41. The van der Waals surface area contributed by atoms with Crippen LogP contribution in [0.1, 0.15) is 70.6 Å². The zero-order chi connectivity index (χ0) is 10.8. The van der Waals surface area contributed by atoms with Gasteiger partial charge < -0.3 is 5.32 Å². The summed E-state index contributed by atoms with van der Waals surface area (Å²) in [5.74, 6) is 0.257. The smallest absolute Gasteiger partial charge is 0.219 e. The highest BCUT2D eigenvalue weighted by molar-refractivity contribution is 5.75. The molecule has 88 valence electrons. The van der Waals surface area contributed by atoms with Crippen LogP contribution in [0.15, 0.2) is 0 Å². The van der Waals surface area contributed by atoms with E-state index in [-0.39, 0.29) is 5.91 Å². The lowest BCUT2D eigenvalue weighted by molar-refractivity contribution is -0.121. The second-order valence-electron chi connectivity index (χ2n) is 4.64. The summed E-state index contributed by atoms with van der Waals surface area (Å²) in [6.45, 7) is 0.888. The Bertz CT molecular complexity index is 152. The van der Waals surface area contributed by atoms with Crippen LogP contribution in [-0.4, -0.2) is 12.5 Å². The minimum atomic E-state index is 0.257. The van der Waals surface area contributed by atoms with Crippen LogP contribution in [0.4, 0.5) is 0 Å². The van der Waals surface area contributed by atoms with E-state index < -0.39 is 0 Å². The lowest BCUT2D eigenvalue weighted by Gasteiger charge is -2.07. The standard InChI is InChI=1S/C13H25NO/c15-13-11-9-7-5-3-1-2-4-6-8-10-12-14-13/h1-12H2,(H,14,15). The van der Waals surface area contributed by atoms with Crippen molar-refractivity contribution < 1.29 is 4.79 Å². The van der Waals surface area contributed by atoms with E-state index in [4.69, 9.17) is 0 Å². The van der Waals surface area contributed by atoms with Gasteiger partial charge in [-0.25, -0.2) is 0 Å². The first-order valence-corrected chi connectivity index (χ1v) is 6.66. The third-order valence-corrected chi connectivity index (χ3v) is 3.15. The molecule has 1 heterocycles. The van der Waals surface area contributed by atoms with Crippen LogP contribution in [0.5, 0.6) is 0 Å². The van der Waals surface area contributed by atoms with E-state index in [0.29, 0.717) is 0 Å². The van der Waals surface area contributed by atoms with Crippen molar-refractivity contribution in [2.75, 3.05) is 6.54 Å². The van der Waals surface area contributed by atoms with Gasteiger partial charge in [-0.1, -0.05) is 51.4 Å². The van der Waals surface area contributed by atoms with Gasteiger partial charge in [-0.3, -0.25) is 4.79 Å². The largest absolute Gasteiger partial charge is 0.356 e. The Balaban J connectivity index is 2.13. The minimum absolute atomic E-state index is 0.257. The average Bonchev–Trinajstić information content (AvgIpc) is 2.24. The van der Waals surface area contributed by atoms with E-state index in [2.05, 4.69) is 5.32 Å². The quantitative estimate of drug-likeness (QED) is 0.653. The number of carbonyl (C=O) groups is 1. The topological polar surface area (TPSA) is 29.1 Å². The normalized spacial score (nSPS) is 22.8. The molecule has 1 aliphatic heterocycles. The van der Waals surface area contributed by atoms with Crippen molar-refractivity contribution in [2.45, 2.75) is 70.6 Å². The number of hydrogen-bond acceptors (Lipinski definition) is 1. The maximum absolute atomic E-state index is 11.3. The van der Waals surface area contributed by atoms with Gasteiger partial charge in [-0.15, -0.1) is 0 Å². The molecule has 1 aliphatic rings. The fraction of sp³-hybridized carbons (Fsp3) is 0.923. The molecule has 0 unspecified atom stereocenters.